The fourth-order valence-corrected chi connectivity index (χ4v) is 2.57. The summed E-state index contributed by atoms with van der Waals surface area (Å²) < 4.78 is 11.1. The van der Waals surface area contributed by atoms with E-state index in [0.29, 0.717) is 13.2 Å². The van der Waals surface area contributed by atoms with Crippen LogP contribution in [0.5, 0.6) is 11.5 Å². The molecule has 1 aromatic carbocycles. The Morgan fingerprint density at radius 1 is 1.06 bits per heavy atom. The summed E-state index contributed by atoms with van der Waals surface area (Å²) in [7, 11) is 0. The van der Waals surface area contributed by atoms with Gasteiger partial charge in [-0.25, -0.2) is 0 Å². The van der Waals surface area contributed by atoms with Crippen LogP contribution in [0.1, 0.15) is 45.1 Å². The highest BCUT2D eigenvalue weighted by Crippen LogP contribution is 2.38. The summed E-state index contributed by atoms with van der Waals surface area (Å²) in [6.45, 7) is 5.37. The summed E-state index contributed by atoms with van der Waals surface area (Å²) in [4.78, 5) is 0. The molecular weight excluding hydrogens is 228 g/mol. The van der Waals surface area contributed by atoms with E-state index in [1.807, 2.05) is 18.2 Å². The van der Waals surface area contributed by atoms with E-state index < -0.39 is 5.60 Å². The van der Waals surface area contributed by atoms with E-state index in [-0.39, 0.29) is 0 Å². The average Bonchev–Trinajstić information content (AvgIpc) is 2.39. The molecule has 1 N–H and O–H groups in total. The fourth-order valence-electron chi connectivity index (χ4n) is 2.57. The van der Waals surface area contributed by atoms with E-state index in [2.05, 4.69) is 13.8 Å². The van der Waals surface area contributed by atoms with Crippen LogP contribution in [-0.2, 0) is 5.60 Å². The highest BCUT2D eigenvalue weighted by molar-refractivity contribution is 5.45. The number of rotatable bonds is 5. The van der Waals surface area contributed by atoms with Crippen molar-refractivity contribution < 1.29 is 14.6 Å². The zero-order valence-corrected chi connectivity index (χ0v) is 11.2. The summed E-state index contributed by atoms with van der Waals surface area (Å²) in [5.41, 5.74) is 0.203. The molecular formula is C15H22O3. The molecule has 0 unspecified atom stereocenters. The summed E-state index contributed by atoms with van der Waals surface area (Å²) in [5.74, 6) is 1.53. The minimum Gasteiger partial charge on any atom is -0.486 e. The van der Waals surface area contributed by atoms with Crippen LogP contribution in [0.3, 0.4) is 0 Å². The maximum absolute atomic E-state index is 10.8. The largest absolute Gasteiger partial charge is 0.486 e. The Morgan fingerprint density at radius 3 is 2.28 bits per heavy atom. The Labute approximate surface area is 109 Å². The molecule has 0 saturated carbocycles. The van der Waals surface area contributed by atoms with E-state index >= 15 is 0 Å². The standard InChI is InChI=1S/C15H22O3/c1-3-7-15(16,8-4-2)12-5-6-13-14(11-12)18-10-9-17-13/h5-6,11,16H,3-4,7-10H2,1-2H3. The zero-order valence-electron chi connectivity index (χ0n) is 11.2. The molecule has 0 aliphatic carbocycles. The normalized spacial score (nSPS) is 14.6. The number of ether oxygens (including phenoxy) is 2. The SMILES string of the molecule is CCCC(O)(CCC)c1ccc2c(c1)OCCO2. The topological polar surface area (TPSA) is 38.7 Å². The molecule has 0 aromatic heterocycles. The quantitative estimate of drug-likeness (QED) is 0.871. The molecule has 100 valence electrons. The van der Waals surface area contributed by atoms with Crippen LogP contribution >= 0.6 is 0 Å². The van der Waals surface area contributed by atoms with Gasteiger partial charge in [0.05, 0.1) is 5.60 Å². The van der Waals surface area contributed by atoms with Crippen molar-refractivity contribution in [1.29, 1.82) is 0 Å². The van der Waals surface area contributed by atoms with Crippen LogP contribution in [0.2, 0.25) is 0 Å². The lowest BCUT2D eigenvalue weighted by Crippen LogP contribution is -2.26. The van der Waals surface area contributed by atoms with Gasteiger partial charge in [-0.1, -0.05) is 32.8 Å². The van der Waals surface area contributed by atoms with Gasteiger partial charge in [0.1, 0.15) is 13.2 Å². The molecule has 3 nitrogen and oxygen atoms in total. The Kier molecular flexibility index (Phi) is 4.12. The molecule has 0 radical (unpaired) electrons. The molecule has 2 rings (SSSR count). The molecule has 0 fully saturated rings. The second-order valence-electron chi connectivity index (χ2n) is 4.89. The van der Waals surface area contributed by atoms with Gasteiger partial charge in [-0.05, 0) is 30.5 Å². The van der Waals surface area contributed by atoms with Gasteiger partial charge in [-0.15, -0.1) is 0 Å². The lowest BCUT2D eigenvalue weighted by Gasteiger charge is -2.29. The van der Waals surface area contributed by atoms with Crippen LogP contribution in [0, 0.1) is 0 Å². The van der Waals surface area contributed by atoms with Gasteiger partial charge >= 0.3 is 0 Å². The molecule has 0 bridgehead atoms. The monoisotopic (exact) mass is 250 g/mol. The first-order valence-corrected chi connectivity index (χ1v) is 6.82. The third-order valence-electron chi connectivity index (χ3n) is 3.41. The van der Waals surface area contributed by atoms with E-state index in [4.69, 9.17) is 9.47 Å². The molecule has 0 amide bonds. The molecule has 0 saturated heterocycles. The van der Waals surface area contributed by atoms with Crippen LogP contribution in [-0.4, -0.2) is 18.3 Å². The van der Waals surface area contributed by atoms with Crippen LogP contribution < -0.4 is 9.47 Å². The summed E-state index contributed by atoms with van der Waals surface area (Å²) in [6.07, 6.45) is 3.48. The second kappa shape index (κ2) is 5.61. The van der Waals surface area contributed by atoms with Crippen molar-refractivity contribution in [2.45, 2.75) is 45.1 Å². The second-order valence-corrected chi connectivity index (χ2v) is 4.89. The lowest BCUT2D eigenvalue weighted by molar-refractivity contribution is 0.0165. The van der Waals surface area contributed by atoms with Crippen LogP contribution in [0.25, 0.3) is 0 Å². The maximum Gasteiger partial charge on any atom is 0.161 e. The zero-order chi connectivity index (χ0) is 13.0. The first-order valence-electron chi connectivity index (χ1n) is 6.82. The smallest absolute Gasteiger partial charge is 0.161 e. The van der Waals surface area contributed by atoms with Crippen LogP contribution in [0.4, 0.5) is 0 Å². The number of hydrogen-bond acceptors (Lipinski definition) is 3. The van der Waals surface area contributed by atoms with Gasteiger partial charge in [-0.2, -0.15) is 0 Å². The molecule has 0 spiro atoms. The Hall–Kier alpha value is -1.22. The van der Waals surface area contributed by atoms with Gasteiger partial charge in [0.2, 0.25) is 0 Å². The maximum atomic E-state index is 10.8. The van der Waals surface area contributed by atoms with Gasteiger partial charge in [0.25, 0.3) is 0 Å². The first-order chi connectivity index (χ1) is 8.69. The van der Waals surface area contributed by atoms with Gasteiger partial charge in [0, 0.05) is 0 Å². The number of benzene rings is 1. The number of aliphatic hydroxyl groups is 1. The van der Waals surface area contributed by atoms with E-state index in [0.717, 1.165) is 42.7 Å². The predicted octanol–water partition coefficient (Wildman–Crippen LogP) is 3.25. The molecule has 1 aromatic rings. The Bertz CT molecular complexity index is 395. The summed E-state index contributed by atoms with van der Waals surface area (Å²) in [6, 6.07) is 5.79. The van der Waals surface area contributed by atoms with Gasteiger partial charge in [0.15, 0.2) is 11.5 Å². The Morgan fingerprint density at radius 2 is 1.67 bits per heavy atom. The van der Waals surface area contributed by atoms with E-state index in [1.54, 1.807) is 0 Å². The molecule has 1 heterocycles. The lowest BCUT2D eigenvalue weighted by atomic mass is 9.85. The minimum absolute atomic E-state index is 0.580. The molecule has 0 atom stereocenters. The summed E-state index contributed by atoms with van der Waals surface area (Å²) >= 11 is 0. The predicted molar refractivity (Wildman–Crippen MR) is 71.1 cm³/mol. The molecule has 1 aliphatic rings. The third-order valence-corrected chi connectivity index (χ3v) is 3.41. The van der Waals surface area contributed by atoms with Crippen molar-refractivity contribution in [3.05, 3.63) is 23.8 Å². The van der Waals surface area contributed by atoms with Crippen molar-refractivity contribution >= 4 is 0 Å². The molecule has 1 aliphatic heterocycles. The van der Waals surface area contributed by atoms with Crippen LogP contribution in [0.15, 0.2) is 18.2 Å². The number of fused-ring (bicyclic) bond motifs is 1. The van der Waals surface area contributed by atoms with Crippen molar-refractivity contribution in [2.75, 3.05) is 13.2 Å². The van der Waals surface area contributed by atoms with Crippen molar-refractivity contribution in [3.8, 4) is 11.5 Å². The van der Waals surface area contributed by atoms with E-state index in [1.165, 1.54) is 0 Å². The highest BCUT2D eigenvalue weighted by Gasteiger charge is 2.28. The minimum atomic E-state index is -0.737. The first kappa shape index (κ1) is 13.2. The van der Waals surface area contributed by atoms with Gasteiger partial charge < -0.3 is 14.6 Å². The fraction of sp³-hybridized carbons (Fsp3) is 0.600. The third kappa shape index (κ3) is 2.61. The highest BCUT2D eigenvalue weighted by atomic mass is 16.6. The molecule has 18 heavy (non-hydrogen) atoms. The van der Waals surface area contributed by atoms with Crippen molar-refractivity contribution in [2.24, 2.45) is 0 Å². The Balaban J connectivity index is 2.30. The molecule has 3 heteroatoms. The summed E-state index contributed by atoms with van der Waals surface area (Å²) in [5, 5.41) is 10.8. The number of hydrogen-bond donors (Lipinski definition) is 1. The van der Waals surface area contributed by atoms with E-state index in [9.17, 15) is 5.11 Å². The average molecular weight is 250 g/mol. The van der Waals surface area contributed by atoms with Crippen molar-refractivity contribution in [1.82, 2.24) is 0 Å². The van der Waals surface area contributed by atoms with Gasteiger partial charge in [-0.3, -0.25) is 0 Å². The van der Waals surface area contributed by atoms with Crippen molar-refractivity contribution in [3.63, 3.8) is 0 Å².